The van der Waals surface area contributed by atoms with Crippen LogP contribution in [0.2, 0.25) is 0 Å². The first-order chi connectivity index (χ1) is 12.0. The molecule has 140 valence electrons. The Morgan fingerprint density at radius 3 is 2.76 bits per heavy atom. The van der Waals surface area contributed by atoms with Gasteiger partial charge in [-0.05, 0) is 74.8 Å². The highest BCUT2D eigenvalue weighted by Crippen LogP contribution is 2.59. The number of nitrogens with zero attached hydrogens (tertiary/aromatic N) is 1. The first kappa shape index (κ1) is 17.5. The molecule has 0 radical (unpaired) electrons. The van der Waals surface area contributed by atoms with Crippen molar-refractivity contribution in [1.82, 2.24) is 10.2 Å². The van der Waals surface area contributed by atoms with Gasteiger partial charge in [-0.15, -0.1) is 0 Å². The van der Waals surface area contributed by atoms with E-state index in [0.29, 0.717) is 11.3 Å². The number of allylic oxidation sites excluding steroid dienone is 1. The summed E-state index contributed by atoms with van der Waals surface area (Å²) in [6.45, 7) is 10.0. The van der Waals surface area contributed by atoms with Crippen LogP contribution in [0, 0.1) is 23.2 Å². The van der Waals surface area contributed by atoms with Crippen LogP contribution in [0.3, 0.4) is 0 Å². The Hall–Kier alpha value is -0.870. The minimum absolute atomic E-state index is 0.106. The third kappa shape index (κ3) is 3.52. The standard InChI is InChI=1S/C21H34N2O2/c1-21(2)17-6-5-16(18(21)12-17)14-23-9-7-15(8-10-23)13-22-20(24)19-4-3-11-25-19/h5,15,17-19H,3-4,6-14H2,1-2H3,(H,22,24)/t17-,18-,19+/m0/s1. The lowest BCUT2D eigenvalue weighted by Crippen LogP contribution is -2.50. The number of piperidine rings is 1. The number of ether oxygens (including phenoxy) is 1. The second-order valence-corrected chi connectivity index (χ2v) is 9.29. The lowest BCUT2D eigenvalue weighted by atomic mass is 9.49. The van der Waals surface area contributed by atoms with E-state index in [4.69, 9.17) is 4.74 Å². The maximum Gasteiger partial charge on any atom is 0.249 e. The molecule has 0 unspecified atom stereocenters. The van der Waals surface area contributed by atoms with Crippen LogP contribution in [0.5, 0.6) is 0 Å². The summed E-state index contributed by atoms with van der Waals surface area (Å²) >= 11 is 0. The topological polar surface area (TPSA) is 41.6 Å². The molecule has 3 atom stereocenters. The molecule has 2 heterocycles. The third-order valence-electron chi connectivity index (χ3n) is 7.48. The van der Waals surface area contributed by atoms with Gasteiger partial charge in [-0.1, -0.05) is 25.5 Å². The minimum atomic E-state index is -0.187. The molecule has 4 nitrogen and oxygen atoms in total. The van der Waals surface area contributed by atoms with Gasteiger partial charge in [-0.2, -0.15) is 0 Å². The molecule has 4 heteroatoms. The van der Waals surface area contributed by atoms with E-state index >= 15 is 0 Å². The first-order valence-electron chi connectivity index (χ1n) is 10.3. The molecule has 2 saturated heterocycles. The van der Waals surface area contributed by atoms with Gasteiger partial charge < -0.3 is 10.1 Å². The van der Waals surface area contributed by atoms with E-state index in [0.717, 1.165) is 37.8 Å². The summed E-state index contributed by atoms with van der Waals surface area (Å²) in [5.41, 5.74) is 2.24. The zero-order valence-corrected chi connectivity index (χ0v) is 15.9. The van der Waals surface area contributed by atoms with Gasteiger partial charge in [-0.25, -0.2) is 0 Å². The number of rotatable bonds is 5. The zero-order valence-electron chi connectivity index (χ0n) is 15.9. The molecule has 3 fully saturated rings. The van der Waals surface area contributed by atoms with Crippen LogP contribution in [0.15, 0.2) is 11.6 Å². The molecular weight excluding hydrogens is 312 g/mol. The minimum Gasteiger partial charge on any atom is -0.368 e. The summed E-state index contributed by atoms with van der Waals surface area (Å²) in [5, 5.41) is 3.12. The lowest BCUT2D eigenvalue weighted by Gasteiger charge is -2.57. The van der Waals surface area contributed by atoms with Crippen molar-refractivity contribution < 1.29 is 9.53 Å². The second-order valence-electron chi connectivity index (χ2n) is 9.29. The number of hydrogen-bond acceptors (Lipinski definition) is 3. The van der Waals surface area contributed by atoms with Crippen LogP contribution in [-0.4, -0.2) is 49.7 Å². The fourth-order valence-corrected chi connectivity index (χ4v) is 5.41. The predicted molar refractivity (Wildman–Crippen MR) is 99.2 cm³/mol. The summed E-state index contributed by atoms with van der Waals surface area (Å²) in [5.74, 6) is 2.50. The highest BCUT2D eigenvalue weighted by Gasteiger charge is 2.51. The van der Waals surface area contributed by atoms with Crippen molar-refractivity contribution in [3.8, 4) is 0 Å². The van der Waals surface area contributed by atoms with Gasteiger partial charge in [0.15, 0.2) is 0 Å². The molecule has 1 saturated carbocycles. The van der Waals surface area contributed by atoms with E-state index < -0.39 is 0 Å². The number of likely N-dealkylation sites (tertiary alicyclic amines) is 1. The molecule has 2 bridgehead atoms. The van der Waals surface area contributed by atoms with Crippen LogP contribution in [-0.2, 0) is 9.53 Å². The highest BCUT2D eigenvalue weighted by molar-refractivity contribution is 5.80. The van der Waals surface area contributed by atoms with Gasteiger partial charge in [-0.3, -0.25) is 9.69 Å². The van der Waals surface area contributed by atoms with Crippen LogP contribution in [0.1, 0.15) is 52.4 Å². The molecule has 0 aromatic heterocycles. The van der Waals surface area contributed by atoms with Crippen molar-refractivity contribution in [3.63, 3.8) is 0 Å². The maximum atomic E-state index is 12.1. The number of nitrogens with one attached hydrogen (secondary N) is 1. The summed E-state index contributed by atoms with van der Waals surface area (Å²) < 4.78 is 5.46. The summed E-state index contributed by atoms with van der Waals surface area (Å²) in [4.78, 5) is 14.7. The molecule has 5 rings (SSSR count). The van der Waals surface area contributed by atoms with Crippen LogP contribution in [0.4, 0.5) is 0 Å². The van der Waals surface area contributed by atoms with Crippen LogP contribution >= 0.6 is 0 Å². The molecule has 1 amide bonds. The summed E-state index contributed by atoms with van der Waals surface area (Å²) in [6.07, 6.45) is 9.38. The number of amides is 1. The Kier molecular flexibility index (Phi) is 4.93. The predicted octanol–water partition coefficient (Wildman–Crippen LogP) is 2.99. The smallest absolute Gasteiger partial charge is 0.249 e. The Balaban J connectivity index is 1.19. The largest absolute Gasteiger partial charge is 0.368 e. The molecule has 5 aliphatic rings. The van der Waals surface area contributed by atoms with Gasteiger partial charge in [0, 0.05) is 19.7 Å². The Labute approximate surface area is 152 Å². The number of fused-ring (bicyclic) bond motifs is 1. The van der Waals surface area contributed by atoms with Gasteiger partial charge in [0.2, 0.25) is 5.91 Å². The van der Waals surface area contributed by atoms with E-state index in [2.05, 4.69) is 30.1 Å². The summed E-state index contributed by atoms with van der Waals surface area (Å²) in [7, 11) is 0. The van der Waals surface area contributed by atoms with Crippen molar-refractivity contribution in [2.24, 2.45) is 23.2 Å². The molecule has 3 aliphatic carbocycles. The monoisotopic (exact) mass is 346 g/mol. The number of carbonyl (C=O) groups excluding carboxylic acids is 1. The second kappa shape index (κ2) is 7.03. The van der Waals surface area contributed by atoms with E-state index in [1.807, 2.05) is 0 Å². The van der Waals surface area contributed by atoms with Crippen molar-refractivity contribution in [1.29, 1.82) is 0 Å². The molecular formula is C21H34N2O2. The van der Waals surface area contributed by atoms with Crippen molar-refractivity contribution in [2.75, 3.05) is 32.8 Å². The van der Waals surface area contributed by atoms with Gasteiger partial charge >= 0.3 is 0 Å². The van der Waals surface area contributed by atoms with Crippen molar-refractivity contribution >= 4 is 5.91 Å². The fraction of sp³-hybridized carbons (Fsp3) is 0.857. The Morgan fingerprint density at radius 1 is 1.32 bits per heavy atom. The molecule has 1 N–H and O–H groups in total. The van der Waals surface area contributed by atoms with Gasteiger partial charge in [0.05, 0.1) is 0 Å². The van der Waals surface area contributed by atoms with E-state index in [1.54, 1.807) is 5.57 Å². The molecule has 0 aromatic rings. The maximum absolute atomic E-state index is 12.1. The third-order valence-corrected chi connectivity index (χ3v) is 7.48. The van der Waals surface area contributed by atoms with Crippen molar-refractivity contribution in [3.05, 3.63) is 11.6 Å². The molecule has 2 aliphatic heterocycles. The van der Waals surface area contributed by atoms with E-state index in [9.17, 15) is 4.79 Å². The van der Waals surface area contributed by atoms with E-state index in [-0.39, 0.29) is 12.0 Å². The quantitative estimate of drug-likeness (QED) is 0.778. The normalized spacial score (nSPS) is 35.1. The fourth-order valence-electron chi connectivity index (χ4n) is 5.41. The molecule has 25 heavy (non-hydrogen) atoms. The van der Waals surface area contributed by atoms with Crippen molar-refractivity contribution in [2.45, 2.75) is 58.5 Å². The lowest BCUT2D eigenvalue weighted by molar-refractivity contribution is -0.130. The van der Waals surface area contributed by atoms with E-state index in [1.165, 1.54) is 45.3 Å². The first-order valence-corrected chi connectivity index (χ1v) is 10.3. The van der Waals surface area contributed by atoms with Gasteiger partial charge in [0.25, 0.3) is 0 Å². The average Bonchev–Trinajstić information content (AvgIpc) is 3.15. The Bertz CT molecular complexity index is 528. The van der Waals surface area contributed by atoms with Crippen LogP contribution in [0.25, 0.3) is 0 Å². The molecule has 0 spiro atoms. The van der Waals surface area contributed by atoms with Gasteiger partial charge in [0.1, 0.15) is 6.10 Å². The van der Waals surface area contributed by atoms with Crippen LogP contribution < -0.4 is 5.32 Å². The molecule has 0 aromatic carbocycles. The average molecular weight is 347 g/mol. The zero-order chi connectivity index (χ0) is 17.4. The Morgan fingerprint density at radius 2 is 2.12 bits per heavy atom. The highest BCUT2D eigenvalue weighted by atomic mass is 16.5. The number of hydrogen-bond donors (Lipinski definition) is 1. The summed E-state index contributed by atoms with van der Waals surface area (Å²) in [6, 6.07) is 0. The number of carbonyl (C=O) groups is 1. The SMILES string of the molecule is CC1(C)[C@H]2CC=C(CN3CCC(CNC(=O)[C@H]4CCCO4)CC3)[C@@H]1C2.